The summed E-state index contributed by atoms with van der Waals surface area (Å²) in [6.07, 6.45) is 6.44. The van der Waals surface area contributed by atoms with Crippen LogP contribution < -0.4 is 11.0 Å². The highest BCUT2D eigenvalue weighted by atomic mass is 16.5. The molecule has 190 valence electrons. The summed E-state index contributed by atoms with van der Waals surface area (Å²) in [7, 11) is 0. The molecule has 1 amide bonds. The van der Waals surface area contributed by atoms with Crippen molar-refractivity contribution >= 4 is 28.6 Å². The fraction of sp³-hybridized carbons (Fsp3) is 0.345. The molecule has 0 aliphatic heterocycles. The maximum atomic E-state index is 13.5. The number of rotatable bonds is 4. The van der Waals surface area contributed by atoms with Gasteiger partial charge in [0.05, 0.1) is 12.0 Å². The first-order chi connectivity index (χ1) is 17.9. The van der Waals surface area contributed by atoms with Crippen LogP contribution in [-0.4, -0.2) is 32.4 Å². The molecule has 8 heteroatoms. The van der Waals surface area contributed by atoms with E-state index in [0.29, 0.717) is 16.9 Å². The van der Waals surface area contributed by atoms with Crippen LogP contribution in [0.3, 0.4) is 0 Å². The summed E-state index contributed by atoms with van der Waals surface area (Å²) >= 11 is 0. The van der Waals surface area contributed by atoms with Gasteiger partial charge in [0.15, 0.2) is 5.49 Å². The van der Waals surface area contributed by atoms with Crippen molar-refractivity contribution < 1.29 is 14.3 Å². The lowest BCUT2D eigenvalue weighted by atomic mass is 9.94. The van der Waals surface area contributed by atoms with Crippen LogP contribution in [0.5, 0.6) is 0 Å². The van der Waals surface area contributed by atoms with Gasteiger partial charge in [-0.2, -0.15) is 4.99 Å². The van der Waals surface area contributed by atoms with Crippen LogP contribution in [0.15, 0.2) is 58.4 Å². The number of aromatic nitrogens is 3. The van der Waals surface area contributed by atoms with Crippen molar-refractivity contribution in [3.63, 3.8) is 0 Å². The minimum atomic E-state index is -0.627. The number of fused-ring (bicyclic) bond motifs is 2. The molecule has 0 atom stereocenters. The van der Waals surface area contributed by atoms with Gasteiger partial charge in [-0.1, -0.05) is 31.4 Å². The Balaban J connectivity index is 1.89. The van der Waals surface area contributed by atoms with Gasteiger partial charge in [-0.25, -0.2) is 9.78 Å². The summed E-state index contributed by atoms with van der Waals surface area (Å²) in [5.41, 5.74) is 3.38. The standard InChI is InChI=1S/C29H30N4O4/c1-4-37-29(36)23-17-22-25(30-24-12-8-9-15-32(24)28(22)35)33(21-10-6-5-7-11-21)26(23)31-27(34)20-14-13-18(2)19(3)16-20/h8-9,12-17,21H,4-7,10-11H2,1-3H3. The van der Waals surface area contributed by atoms with Crippen LogP contribution >= 0.6 is 0 Å². The Bertz CT molecular complexity index is 1660. The van der Waals surface area contributed by atoms with Gasteiger partial charge in [0, 0.05) is 17.8 Å². The van der Waals surface area contributed by atoms with Crippen molar-refractivity contribution in [2.24, 2.45) is 4.99 Å². The average molecular weight is 499 g/mol. The highest BCUT2D eigenvalue weighted by Crippen LogP contribution is 2.29. The smallest absolute Gasteiger partial charge is 0.341 e. The van der Waals surface area contributed by atoms with E-state index in [1.165, 1.54) is 10.5 Å². The molecule has 1 aliphatic carbocycles. The van der Waals surface area contributed by atoms with E-state index in [0.717, 1.165) is 43.2 Å². The Morgan fingerprint density at radius 3 is 2.57 bits per heavy atom. The Morgan fingerprint density at radius 1 is 1.05 bits per heavy atom. The lowest BCUT2D eigenvalue weighted by Crippen LogP contribution is -2.35. The number of ether oxygens (including phenoxy) is 1. The number of pyridine rings is 2. The van der Waals surface area contributed by atoms with Crippen LogP contribution in [0, 0.1) is 13.8 Å². The summed E-state index contributed by atoms with van der Waals surface area (Å²) in [6, 6.07) is 12.2. The number of amides is 1. The van der Waals surface area contributed by atoms with E-state index in [2.05, 4.69) is 4.99 Å². The number of hydrogen-bond donors (Lipinski definition) is 0. The SMILES string of the molecule is CCOC(=O)c1cc2c(=O)n3ccccc3nc2n(C2CCCCC2)c1=NC(=O)c1ccc(C)c(C)c1. The van der Waals surface area contributed by atoms with Gasteiger partial charge >= 0.3 is 5.97 Å². The maximum absolute atomic E-state index is 13.5. The number of benzene rings is 1. The second-order valence-electron chi connectivity index (χ2n) is 9.56. The lowest BCUT2D eigenvalue weighted by Gasteiger charge is -2.27. The van der Waals surface area contributed by atoms with E-state index >= 15 is 0 Å². The van der Waals surface area contributed by atoms with E-state index in [-0.39, 0.29) is 34.6 Å². The van der Waals surface area contributed by atoms with Crippen molar-refractivity contribution in [2.75, 3.05) is 6.61 Å². The first kappa shape index (κ1) is 24.6. The van der Waals surface area contributed by atoms with Crippen molar-refractivity contribution in [3.05, 3.63) is 86.8 Å². The normalized spacial score (nSPS) is 14.8. The molecule has 1 fully saturated rings. The predicted octanol–water partition coefficient (Wildman–Crippen LogP) is 4.69. The van der Waals surface area contributed by atoms with Gasteiger partial charge in [0.25, 0.3) is 11.5 Å². The van der Waals surface area contributed by atoms with Gasteiger partial charge in [-0.15, -0.1) is 0 Å². The number of carbonyl (C=O) groups is 2. The lowest BCUT2D eigenvalue weighted by molar-refractivity contribution is 0.0523. The second-order valence-corrected chi connectivity index (χ2v) is 9.56. The molecule has 37 heavy (non-hydrogen) atoms. The van der Waals surface area contributed by atoms with Gasteiger partial charge in [0.1, 0.15) is 16.9 Å². The van der Waals surface area contributed by atoms with Crippen molar-refractivity contribution in [1.82, 2.24) is 14.0 Å². The van der Waals surface area contributed by atoms with E-state index in [9.17, 15) is 14.4 Å². The highest BCUT2D eigenvalue weighted by molar-refractivity contribution is 5.97. The molecule has 1 saturated carbocycles. The number of nitrogens with zero attached hydrogens (tertiary/aromatic N) is 4. The van der Waals surface area contributed by atoms with Crippen molar-refractivity contribution in [1.29, 1.82) is 0 Å². The molecule has 5 rings (SSSR count). The summed E-state index contributed by atoms with van der Waals surface area (Å²) in [6.45, 7) is 5.79. The summed E-state index contributed by atoms with van der Waals surface area (Å²) in [5.74, 6) is -1.09. The molecule has 3 aromatic heterocycles. The topological polar surface area (TPSA) is 95.0 Å². The van der Waals surface area contributed by atoms with Crippen molar-refractivity contribution in [3.8, 4) is 0 Å². The molecule has 0 bridgehead atoms. The number of aryl methyl sites for hydroxylation is 2. The van der Waals surface area contributed by atoms with E-state index < -0.39 is 11.9 Å². The summed E-state index contributed by atoms with van der Waals surface area (Å²) < 4.78 is 8.66. The van der Waals surface area contributed by atoms with Gasteiger partial charge in [-0.3, -0.25) is 14.0 Å². The third kappa shape index (κ3) is 4.59. The van der Waals surface area contributed by atoms with Gasteiger partial charge in [-0.05, 0) is 75.1 Å². The Hall–Kier alpha value is -4.07. The Morgan fingerprint density at radius 2 is 1.84 bits per heavy atom. The zero-order valence-corrected chi connectivity index (χ0v) is 21.4. The van der Waals surface area contributed by atoms with Crippen LogP contribution in [0.25, 0.3) is 16.7 Å². The predicted molar refractivity (Wildman–Crippen MR) is 141 cm³/mol. The third-order valence-electron chi connectivity index (χ3n) is 7.13. The Labute approximate surface area is 214 Å². The largest absolute Gasteiger partial charge is 0.462 e. The third-order valence-corrected chi connectivity index (χ3v) is 7.13. The molecule has 0 unspecified atom stereocenters. The fourth-order valence-corrected chi connectivity index (χ4v) is 5.03. The number of hydrogen-bond acceptors (Lipinski definition) is 5. The van der Waals surface area contributed by atoms with Crippen LogP contribution in [-0.2, 0) is 4.74 Å². The molecule has 3 heterocycles. The van der Waals surface area contributed by atoms with E-state index in [1.54, 1.807) is 37.4 Å². The molecule has 1 aromatic carbocycles. The van der Waals surface area contributed by atoms with Crippen LogP contribution in [0.2, 0.25) is 0 Å². The van der Waals surface area contributed by atoms with Crippen LogP contribution in [0.1, 0.15) is 76.9 Å². The summed E-state index contributed by atoms with van der Waals surface area (Å²) in [5, 5.41) is 0.287. The molecule has 0 radical (unpaired) electrons. The maximum Gasteiger partial charge on any atom is 0.341 e. The monoisotopic (exact) mass is 498 g/mol. The number of carbonyl (C=O) groups excluding carboxylic acids is 2. The van der Waals surface area contributed by atoms with Gasteiger partial charge in [0.2, 0.25) is 0 Å². The molecular weight excluding hydrogens is 468 g/mol. The quantitative estimate of drug-likeness (QED) is 0.301. The molecule has 4 aromatic rings. The second kappa shape index (κ2) is 10.1. The zero-order chi connectivity index (χ0) is 26.1. The molecular formula is C29H30N4O4. The minimum absolute atomic E-state index is 0.0602. The molecule has 0 saturated heterocycles. The Kier molecular flexibility index (Phi) is 6.74. The van der Waals surface area contributed by atoms with E-state index in [4.69, 9.17) is 9.72 Å². The first-order valence-electron chi connectivity index (χ1n) is 12.8. The first-order valence-corrected chi connectivity index (χ1v) is 12.8. The van der Waals surface area contributed by atoms with Gasteiger partial charge < -0.3 is 9.30 Å². The molecule has 0 spiro atoms. The molecule has 8 nitrogen and oxygen atoms in total. The van der Waals surface area contributed by atoms with Crippen molar-refractivity contribution in [2.45, 2.75) is 58.9 Å². The van der Waals surface area contributed by atoms with Crippen LogP contribution in [0.4, 0.5) is 0 Å². The fourth-order valence-electron chi connectivity index (χ4n) is 5.03. The molecule has 0 N–H and O–H groups in total. The number of esters is 1. The summed E-state index contributed by atoms with van der Waals surface area (Å²) in [4.78, 5) is 49.5. The minimum Gasteiger partial charge on any atom is -0.462 e. The van der Waals surface area contributed by atoms with E-state index in [1.807, 2.05) is 30.5 Å². The average Bonchev–Trinajstić information content (AvgIpc) is 2.90. The highest BCUT2D eigenvalue weighted by Gasteiger charge is 2.25. The zero-order valence-electron chi connectivity index (χ0n) is 21.4. The molecule has 1 aliphatic rings.